The summed E-state index contributed by atoms with van der Waals surface area (Å²) in [5.41, 5.74) is 0. The maximum Gasteiger partial charge on any atom is 0.223 e. The third-order valence-corrected chi connectivity index (χ3v) is 2.29. The summed E-state index contributed by atoms with van der Waals surface area (Å²) in [6, 6.07) is 0.563. The smallest absolute Gasteiger partial charge is 0.223 e. The quantitative estimate of drug-likeness (QED) is 0.759. The molecule has 2 rings (SSSR count). The summed E-state index contributed by atoms with van der Waals surface area (Å²) < 4.78 is 4.96. The number of methoxy groups -OCH3 is 1. The molecular formula is C9H13N3O. The molecule has 1 aliphatic carbocycles. The van der Waals surface area contributed by atoms with Crippen molar-refractivity contribution in [3.8, 4) is 5.75 Å². The first-order chi connectivity index (χ1) is 6.29. The summed E-state index contributed by atoms with van der Waals surface area (Å²) in [5.74, 6) is 2.13. The molecule has 4 nitrogen and oxygen atoms in total. The van der Waals surface area contributed by atoms with E-state index in [2.05, 4.69) is 22.2 Å². The maximum atomic E-state index is 4.96. The second-order valence-electron chi connectivity index (χ2n) is 3.41. The normalized spacial score (nSPS) is 25.4. The summed E-state index contributed by atoms with van der Waals surface area (Å²) in [6.45, 7) is 2.21. The number of ether oxygens (including phenoxy) is 1. The Hall–Kier alpha value is -1.32. The van der Waals surface area contributed by atoms with Crippen LogP contribution in [-0.2, 0) is 0 Å². The molecule has 13 heavy (non-hydrogen) atoms. The first-order valence-corrected chi connectivity index (χ1v) is 4.42. The van der Waals surface area contributed by atoms with E-state index in [1.54, 1.807) is 19.5 Å². The predicted octanol–water partition coefficient (Wildman–Crippen LogP) is 1.31. The number of hydrogen-bond donors (Lipinski definition) is 1. The molecule has 1 aromatic rings. The molecule has 1 saturated carbocycles. The lowest BCUT2D eigenvalue weighted by atomic mass is 10.5. The van der Waals surface area contributed by atoms with Gasteiger partial charge in [-0.3, -0.25) is 0 Å². The van der Waals surface area contributed by atoms with Crippen molar-refractivity contribution in [1.82, 2.24) is 9.97 Å². The van der Waals surface area contributed by atoms with Gasteiger partial charge in [-0.15, -0.1) is 0 Å². The first kappa shape index (κ1) is 8.29. The van der Waals surface area contributed by atoms with Crippen molar-refractivity contribution >= 4 is 5.95 Å². The van der Waals surface area contributed by atoms with Crippen molar-refractivity contribution in [2.24, 2.45) is 5.92 Å². The van der Waals surface area contributed by atoms with Crippen LogP contribution in [0.25, 0.3) is 0 Å². The van der Waals surface area contributed by atoms with E-state index in [1.165, 1.54) is 6.42 Å². The molecule has 1 fully saturated rings. The molecule has 1 aliphatic rings. The minimum absolute atomic E-state index is 0.563. The molecule has 0 spiro atoms. The van der Waals surface area contributed by atoms with Crippen LogP contribution in [0.5, 0.6) is 5.75 Å². The molecule has 1 N–H and O–H groups in total. The maximum absolute atomic E-state index is 4.96. The molecule has 0 radical (unpaired) electrons. The van der Waals surface area contributed by atoms with E-state index in [0.29, 0.717) is 17.7 Å². The van der Waals surface area contributed by atoms with Gasteiger partial charge in [0.25, 0.3) is 0 Å². The van der Waals surface area contributed by atoms with Gasteiger partial charge >= 0.3 is 0 Å². The van der Waals surface area contributed by atoms with E-state index < -0.39 is 0 Å². The SMILES string of the molecule is COc1cnc(NC2CC2C)nc1. The standard InChI is InChI=1S/C9H13N3O/c1-6-3-8(6)12-9-10-4-7(13-2)5-11-9/h4-6,8H,3H2,1-2H3,(H,10,11,12). The van der Waals surface area contributed by atoms with E-state index in [9.17, 15) is 0 Å². The molecule has 0 aromatic carbocycles. The number of anilines is 1. The van der Waals surface area contributed by atoms with Gasteiger partial charge < -0.3 is 10.1 Å². The molecule has 2 atom stereocenters. The second kappa shape index (κ2) is 3.20. The van der Waals surface area contributed by atoms with Gasteiger partial charge in [-0.25, -0.2) is 9.97 Å². The van der Waals surface area contributed by atoms with Crippen LogP contribution in [0.4, 0.5) is 5.95 Å². The Morgan fingerprint density at radius 3 is 2.54 bits per heavy atom. The summed E-state index contributed by atoms with van der Waals surface area (Å²) in [4.78, 5) is 8.23. The van der Waals surface area contributed by atoms with E-state index in [1.807, 2.05) is 0 Å². The zero-order valence-electron chi connectivity index (χ0n) is 7.82. The van der Waals surface area contributed by atoms with E-state index in [4.69, 9.17) is 4.74 Å². The zero-order chi connectivity index (χ0) is 9.26. The van der Waals surface area contributed by atoms with Gasteiger partial charge in [0.2, 0.25) is 5.95 Å². The van der Waals surface area contributed by atoms with Crippen LogP contribution in [0, 0.1) is 5.92 Å². The van der Waals surface area contributed by atoms with Crippen molar-refractivity contribution in [3.05, 3.63) is 12.4 Å². The topological polar surface area (TPSA) is 47.0 Å². The highest BCUT2D eigenvalue weighted by Gasteiger charge is 2.32. The number of aromatic nitrogens is 2. The predicted molar refractivity (Wildman–Crippen MR) is 49.8 cm³/mol. The van der Waals surface area contributed by atoms with Crippen LogP contribution in [0.15, 0.2) is 12.4 Å². The van der Waals surface area contributed by atoms with Crippen LogP contribution >= 0.6 is 0 Å². The van der Waals surface area contributed by atoms with Crippen LogP contribution < -0.4 is 10.1 Å². The highest BCUT2D eigenvalue weighted by atomic mass is 16.5. The second-order valence-corrected chi connectivity index (χ2v) is 3.41. The number of nitrogens with one attached hydrogen (secondary N) is 1. The third kappa shape index (κ3) is 1.88. The van der Waals surface area contributed by atoms with Gasteiger partial charge in [0.05, 0.1) is 19.5 Å². The Morgan fingerprint density at radius 2 is 2.08 bits per heavy atom. The highest BCUT2D eigenvalue weighted by Crippen LogP contribution is 2.31. The van der Waals surface area contributed by atoms with Crippen LogP contribution in [-0.4, -0.2) is 23.1 Å². The average Bonchev–Trinajstić information content (AvgIpc) is 2.83. The lowest BCUT2D eigenvalue weighted by Gasteiger charge is -2.03. The number of nitrogens with zero attached hydrogens (tertiary/aromatic N) is 2. The van der Waals surface area contributed by atoms with Gasteiger partial charge in [0.1, 0.15) is 0 Å². The Labute approximate surface area is 77.4 Å². The Morgan fingerprint density at radius 1 is 1.46 bits per heavy atom. The summed E-state index contributed by atoms with van der Waals surface area (Å²) in [6.07, 6.45) is 4.56. The molecule has 0 saturated heterocycles. The van der Waals surface area contributed by atoms with Crippen molar-refractivity contribution in [2.45, 2.75) is 19.4 Å². The fourth-order valence-corrected chi connectivity index (χ4v) is 1.19. The summed E-state index contributed by atoms with van der Waals surface area (Å²) in [7, 11) is 1.61. The average molecular weight is 179 g/mol. The highest BCUT2D eigenvalue weighted by molar-refractivity contribution is 5.30. The number of hydrogen-bond acceptors (Lipinski definition) is 4. The molecule has 1 heterocycles. The molecule has 4 heteroatoms. The van der Waals surface area contributed by atoms with E-state index >= 15 is 0 Å². The fourth-order valence-electron chi connectivity index (χ4n) is 1.19. The van der Waals surface area contributed by atoms with Gasteiger partial charge in [0, 0.05) is 6.04 Å². The van der Waals surface area contributed by atoms with Gasteiger partial charge in [-0.2, -0.15) is 0 Å². The summed E-state index contributed by atoms with van der Waals surface area (Å²) in [5, 5.41) is 3.24. The van der Waals surface area contributed by atoms with Crippen molar-refractivity contribution in [3.63, 3.8) is 0 Å². The molecule has 2 unspecified atom stereocenters. The molecule has 1 aromatic heterocycles. The molecular weight excluding hydrogens is 166 g/mol. The van der Waals surface area contributed by atoms with Crippen LogP contribution in [0.1, 0.15) is 13.3 Å². The Bertz CT molecular complexity index is 285. The van der Waals surface area contributed by atoms with Crippen molar-refractivity contribution in [1.29, 1.82) is 0 Å². The Balaban J connectivity index is 1.97. The van der Waals surface area contributed by atoms with E-state index in [-0.39, 0.29) is 0 Å². The lowest BCUT2D eigenvalue weighted by Crippen LogP contribution is -2.06. The number of rotatable bonds is 3. The van der Waals surface area contributed by atoms with Gasteiger partial charge in [-0.05, 0) is 12.3 Å². The van der Waals surface area contributed by atoms with Gasteiger partial charge in [-0.1, -0.05) is 6.92 Å². The summed E-state index contributed by atoms with van der Waals surface area (Å²) >= 11 is 0. The van der Waals surface area contributed by atoms with Crippen LogP contribution in [0.3, 0.4) is 0 Å². The van der Waals surface area contributed by atoms with Crippen molar-refractivity contribution < 1.29 is 4.74 Å². The van der Waals surface area contributed by atoms with Crippen LogP contribution in [0.2, 0.25) is 0 Å². The van der Waals surface area contributed by atoms with E-state index in [0.717, 1.165) is 5.92 Å². The lowest BCUT2D eigenvalue weighted by molar-refractivity contribution is 0.411. The minimum atomic E-state index is 0.563. The molecule has 0 aliphatic heterocycles. The molecule has 0 amide bonds. The largest absolute Gasteiger partial charge is 0.494 e. The third-order valence-electron chi connectivity index (χ3n) is 2.29. The Kier molecular flexibility index (Phi) is 2.04. The van der Waals surface area contributed by atoms with Gasteiger partial charge in [0.15, 0.2) is 5.75 Å². The minimum Gasteiger partial charge on any atom is -0.494 e. The first-order valence-electron chi connectivity index (χ1n) is 4.42. The zero-order valence-corrected chi connectivity index (χ0v) is 7.82. The molecule has 0 bridgehead atoms. The fraction of sp³-hybridized carbons (Fsp3) is 0.556. The monoisotopic (exact) mass is 179 g/mol. The van der Waals surface area contributed by atoms with Crippen molar-refractivity contribution in [2.75, 3.05) is 12.4 Å². The molecule has 70 valence electrons.